The van der Waals surface area contributed by atoms with Gasteiger partial charge in [-0.05, 0) is 168 Å². The molecule has 0 saturated carbocycles. The van der Waals surface area contributed by atoms with E-state index in [1.54, 1.807) is 6.92 Å². The molecule has 6 nitrogen and oxygen atoms in total. The molecule has 0 radical (unpaired) electrons. The molecule has 2 heterocycles. The highest BCUT2D eigenvalue weighted by Crippen LogP contribution is 2.48. The summed E-state index contributed by atoms with van der Waals surface area (Å²) in [4.78, 5) is 0. The van der Waals surface area contributed by atoms with Crippen molar-refractivity contribution in [2.75, 3.05) is 13.2 Å². The van der Waals surface area contributed by atoms with E-state index in [2.05, 4.69) is 151 Å². The molecule has 0 saturated heterocycles. The average molecular weight is 1020 g/mol. The quantitative estimate of drug-likeness (QED) is 0.134. The monoisotopic (exact) mass is 1020 g/mol. The second-order valence-electron chi connectivity index (χ2n) is 24.2. The van der Waals surface area contributed by atoms with Crippen LogP contribution in [0.15, 0.2) is 121 Å². The lowest BCUT2D eigenvalue weighted by Gasteiger charge is -2.22. The van der Waals surface area contributed by atoms with E-state index in [1.807, 2.05) is 45.0 Å². The van der Waals surface area contributed by atoms with Crippen molar-refractivity contribution in [1.82, 2.24) is 9.13 Å². The summed E-state index contributed by atoms with van der Waals surface area (Å²) in [5, 5.41) is 29.4. The molecule has 0 amide bonds. The van der Waals surface area contributed by atoms with E-state index >= 15 is 8.78 Å². The highest BCUT2D eigenvalue weighted by molar-refractivity contribution is 6.11. The van der Waals surface area contributed by atoms with Crippen molar-refractivity contribution >= 4 is 43.6 Å². The molecule has 0 fully saturated rings. The number of benzene rings is 8. The molecule has 0 atom stereocenters. The van der Waals surface area contributed by atoms with E-state index in [0.717, 1.165) is 60.3 Å². The van der Waals surface area contributed by atoms with E-state index in [9.17, 15) is 10.2 Å². The first-order chi connectivity index (χ1) is 35.8. The second kappa shape index (κ2) is 18.9. The Kier molecular flexibility index (Phi) is 12.9. The molecule has 8 aromatic carbocycles. The number of aromatic hydroxyl groups is 2. The zero-order valence-corrected chi connectivity index (χ0v) is 46.5. The summed E-state index contributed by atoms with van der Waals surface area (Å²) in [7, 11) is 0. The largest absolute Gasteiger partial charge is 0.505 e. The average Bonchev–Trinajstić information content (AvgIpc) is 3.91. The van der Waals surface area contributed by atoms with Crippen LogP contribution < -0.4 is 9.47 Å². The fourth-order valence-electron chi connectivity index (χ4n) is 11.0. The summed E-state index contributed by atoms with van der Waals surface area (Å²) in [6, 6.07) is 39.6. The molecule has 8 heteroatoms. The summed E-state index contributed by atoms with van der Waals surface area (Å²) in [5.74, 6) is 0.0243. The number of rotatable bonds is 10. The number of halogens is 2. The van der Waals surface area contributed by atoms with Crippen LogP contribution in [0, 0.1) is 46.3 Å². The van der Waals surface area contributed by atoms with E-state index in [4.69, 9.17) is 9.47 Å². The van der Waals surface area contributed by atoms with E-state index < -0.39 is 11.6 Å². The maximum atomic E-state index is 15.7. The number of hydrogen-bond donors (Lipinski definition) is 2. The molecule has 2 aromatic heterocycles. The van der Waals surface area contributed by atoms with Gasteiger partial charge in [-0.2, -0.15) is 0 Å². The van der Waals surface area contributed by atoms with E-state index in [0.29, 0.717) is 62.7 Å². The van der Waals surface area contributed by atoms with Gasteiger partial charge < -0.3 is 28.8 Å². The summed E-state index contributed by atoms with van der Waals surface area (Å²) in [5.41, 5.74) is 14.0. The standard InChI is InChI=1S/C68H70F2N2O4/c1-38-16-20-48-49-21-17-43(66(6,7)8)33-57(49)71(56(48)28-38)60-29-39(2)26-52(62(60)73)54-36-46(69)31-41(4)64(54)75-24-15-25-76-65-42(5)32-47(70)37-55(65)53-27-40(3)30-61(63(53)74)72-58-34-44(67(9,10)11)18-22-50(58)51-23-19-45(35-59(51)72)68(12,13)14/h16-23,26-37,73-74H,15,24-25H2,1-14H3. The molecule has 390 valence electrons. The normalized spacial score (nSPS) is 12.5. The minimum Gasteiger partial charge on any atom is -0.505 e. The molecular formula is C68H70F2N2O4. The van der Waals surface area contributed by atoms with Crippen molar-refractivity contribution in [1.29, 1.82) is 0 Å². The molecule has 76 heavy (non-hydrogen) atoms. The SMILES string of the molecule is Cc1cc(-c2cc(F)cc(C)c2OCCCOc2c(C)cc(F)cc2-c2cc(C)cc(-n3c4cc(C(C)(C)C)ccc4c4ccc(C(C)(C)C)cc43)c2O)c(O)c(-n2c3cc(C)ccc3c3ccc(C(C)(C)C)cc32)c1. The van der Waals surface area contributed by atoms with Gasteiger partial charge >= 0.3 is 0 Å². The number of phenols is 2. The maximum absolute atomic E-state index is 15.7. The minimum atomic E-state index is -0.447. The third-order valence-corrected chi connectivity index (χ3v) is 15.1. The fraction of sp³-hybridized carbons (Fsp3) is 0.294. The molecule has 0 aliphatic heterocycles. The first-order valence-electron chi connectivity index (χ1n) is 26.5. The van der Waals surface area contributed by atoms with Crippen molar-refractivity contribution in [3.8, 4) is 56.6 Å². The number of fused-ring (bicyclic) bond motifs is 6. The van der Waals surface area contributed by atoms with Crippen molar-refractivity contribution in [2.45, 2.75) is 120 Å². The Hall–Kier alpha value is -7.58. The second-order valence-corrected chi connectivity index (χ2v) is 24.2. The van der Waals surface area contributed by atoms with Crippen LogP contribution in [-0.4, -0.2) is 32.6 Å². The highest BCUT2D eigenvalue weighted by atomic mass is 19.1. The van der Waals surface area contributed by atoms with Crippen LogP contribution in [0.5, 0.6) is 23.0 Å². The lowest BCUT2D eigenvalue weighted by atomic mass is 9.86. The van der Waals surface area contributed by atoms with Gasteiger partial charge in [0.05, 0.1) is 46.7 Å². The topological polar surface area (TPSA) is 68.8 Å². The van der Waals surface area contributed by atoms with Crippen molar-refractivity contribution in [3.05, 3.63) is 177 Å². The zero-order chi connectivity index (χ0) is 54.5. The Bertz CT molecular complexity index is 3890. The third kappa shape index (κ3) is 9.34. The predicted octanol–water partition coefficient (Wildman–Crippen LogP) is 18.2. The van der Waals surface area contributed by atoms with Gasteiger partial charge in [-0.15, -0.1) is 0 Å². The smallest absolute Gasteiger partial charge is 0.147 e. The maximum Gasteiger partial charge on any atom is 0.147 e. The summed E-state index contributed by atoms with van der Waals surface area (Å²) >= 11 is 0. The minimum absolute atomic E-state index is 0.00888. The highest BCUT2D eigenvalue weighted by Gasteiger charge is 2.27. The lowest BCUT2D eigenvalue weighted by Crippen LogP contribution is -2.11. The Balaban J connectivity index is 0.983. The van der Waals surface area contributed by atoms with E-state index in [-0.39, 0.29) is 41.0 Å². The molecule has 0 aliphatic carbocycles. The van der Waals surface area contributed by atoms with Gasteiger partial charge in [0, 0.05) is 50.2 Å². The molecule has 0 bridgehead atoms. The van der Waals surface area contributed by atoms with Gasteiger partial charge in [-0.3, -0.25) is 0 Å². The number of aromatic nitrogens is 2. The Morgan fingerprint density at radius 2 is 0.737 bits per heavy atom. The Morgan fingerprint density at radius 3 is 1.09 bits per heavy atom. The van der Waals surface area contributed by atoms with Crippen LogP contribution in [0.4, 0.5) is 8.78 Å². The van der Waals surface area contributed by atoms with Crippen LogP contribution in [0.3, 0.4) is 0 Å². The van der Waals surface area contributed by atoms with Crippen LogP contribution in [0.2, 0.25) is 0 Å². The zero-order valence-electron chi connectivity index (χ0n) is 46.5. The number of ether oxygens (including phenoxy) is 2. The summed E-state index contributed by atoms with van der Waals surface area (Å²) < 4.78 is 48.7. The first-order valence-corrected chi connectivity index (χ1v) is 26.5. The predicted molar refractivity (Wildman–Crippen MR) is 311 cm³/mol. The van der Waals surface area contributed by atoms with Crippen LogP contribution in [0.1, 0.15) is 113 Å². The first kappa shape index (κ1) is 51.9. The molecule has 0 spiro atoms. The van der Waals surface area contributed by atoms with Gasteiger partial charge in [-0.25, -0.2) is 8.78 Å². The van der Waals surface area contributed by atoms with Crippen LogP contribution >= 0.6 is 0 Å². The van der Waals surface area contributed by atoms with E-state index in [1.165, 1.54) is 41.0 Å². The molecule has 0 unspecified atom stereocenters. The molecule has 0 aliphatic rings. The number of aryl methyl sites for hydroxylation is 5. The lowest BCUT2D eigenvalue weighted by molar-refractivity contribution is 0.246. The van der Waals surface area contributed by atoms with Gasteiger partial charge in [0.25, 0.3) is 0 Å². The molecule has 10 rings (SSSR count). The number of hydrogen-bond acceptors (Lipinski definition) is 4. The van der Waals surface area contributed by atoms with Crippen LogP contribution in [-0.2, 0) is 16.2 Å². The number of nitrogens with zero attached hydrogens (tertiary/aromatic N) is 2. The van der Waals surface area contributed by atoms with Gasteiger partial charge in [0.2, 0.25) is 0 Å². The molecular weight excluding hydrogens is 947 g/mol. The molecule has 2 N–H and O–H groups in total. The van der Waals surface area contributed by atoms with Crippen molar-refractivity contribution in [3.63, 3.8) is 0 Å². The van der Waals surface area contributed by atoms with Crippen molar-refractivity contribution < 1.29 is 28.5 Å². The number of phenolic OH excluding ortho intramolecular Hbond substituents is 2. The van der Waals surface area contributed by atoms with Crippen LogP contribution in [0.25, 0.3) is 77.2 Å². The Morgan fingerprint density at radius 1 is 0.395 bits per heavy atom. The Labute approximate surface area is 446 Å². The van der Waals surface area contributed by atoms with Gasteiger partial charge in [0.15, 0.2) is 0 Å². The fourth-order valence-corrected chi connectivity index (χ4v) is 11.0. The summed E-state index contributed by atoms with van der Waals surface area (Å²) in [6.45, 7) is 29.8. The van der Waals surface area contributed by atoms with Crippen molar-refractivity contribution in [2.24, 2.45) is 0 Å². The third-order valence-electron chi connectivity index (χ3n) is 15.1. The van der Waals surface area contributed by atoms with Gasteiger partial charge in [0.1, 0.15) is 34.6 Å². The molecule has 10 aromatic rings. The summed E-state index contributed by atoms with van der Waals surface area (Å²) in [6.07, 6.45) is 0.410. The van der Waals surface area contributed by atoms with Gasteiger partial charge in [-0.1, -0.05) is 111 Å².